The van der Waals surface area contributed by atoms with Crippen LogP contribution in [0.1, 0.15) is 26.4 Å². The van der Waals surface area contributed by atoms with Crippen LogP contribution < -0.4 is 4.34 Å². The lowest BCUT2D eigenvalue weighted by Crippen LogP contribution is -2.12. The molecule has 0 unspecified atom stereocenters. The van der Waals surface area contributed by atoms with E-state index in [1.54, 1.807) is 0 Å². The van der Waals surface area contributed by atoms with Crippen molar-refractivity contribution in [1.29, 1.82) is 0 Å². The number of carboxylic acids is 2. The largest absolute Gasteiger partial charge is 0.478 e. The molecular formula is C8H7BrN2O4. The summed E-state index contributed by atoms with van der Waals surface area (Å²) in [7, 11) is 0. The van der Waals surface area contributed by atoms with Crippen molar-refractivity contribution in [2.75, 3.05) is 0 Å². The minimum Gasteiger partial charge on any atom is -0.478 e. The maximum Gasteiger partial charge on any atom is 0.355 e. The first-order valence-electron chi connectivity index (χ1n) is 3.85. The van der Waals surface area contributed by atoms with Gasteiger partial charge in [0.2, 0.25) is 0 Å². The Hall–Kier alpha value is -1.47. The van der Waals surface area contributed by atoms with Gasteiger partial charge in [0.1, 0.15) is 0 Å². The Morgan fingerprint density at radius 2 is 2.07 bits per heavy atom. The van der Waals surface area contributed by atoms with Crippen LogP contribution in [0.3, 0.4) is 0 Å². The third-order valence-electron chi connectivity index (χ3n) is 1.65. The van der Waals surface area contributed by atoms with Gasteiger partial charge in [0, 0.05) is 28.9 Å². The molecule has 0 radical (unpaired) electrons. The number of aromatic nitrogens is 1. The molecule has 0 aliphatic carbocycles. The van der Waals surface area contributed by atoms with Crippen molar-refractivity contribution in [3.05, 3.63) is 29.1 Å². The third kappa shape index (κ3) is 2.74. The fourth-order valence-corrected chi connectivity index (χ4v) is 1.34. The van der Waals surface area contributed by atoms with Crippen molar-refractivity contribution in [2.24, 2.45) is 0 Å². The van der Waals surface area contributed by atoms with Crippen molar-refractivity contribution in [2.45, 2.75) is 6.54 Å². The van der Waals surface area contributed by atoms with E-state index >= 15 is 0 Å². The van der Waals surface area contributed by atoms with Crippen molar-refractivity contribution < 1.29 is 19.8 Å². The monoisotopic (exact) mass is 274 g/mol. The molecule has 15 heavy (non-hydrogen) atoms. The van der Waals surface area contributed by atoms with Crippen LogP contribution in [0.4, 0.5) is 0 Å². The van der Waals surface area contributed by atoms with E-state index < -0.39 is 17.6 Å². The predicted molar refractivity (Wildman–Crippen MR) is 53.9 cm³/mol. The van der Waals surface area contributed by atoms with Gasteiger partial charge in [-0.05, 0) is 11.6 Å². The normalized spacial score (nSPS) is 9.93. The Balaban J connectivity index is 3.21. The highest BCUT2D eigenvalue weighted by Crippen LogP contribution is 2.09. The average molecular weight is 275 g/mol. The summed E-state index contributed by atoms with van der Waals surface area (Å²) in [5, 5.41) is 17.5. The fourth-order valence-electron chi connectivity index (χ4n) is 1.02. The van der Waals surface area contributed by atoms with Crippen LogP contribution in [0.25, 0.3) is 0 Å². The number of aromatic carboxylic acids is 2. The summed E-state index contributed by atoms with van der Waals surface area (Å²) in [6.07, 6.45) is 1.31. The van der Waals surface area contributed by atoms with E-state index in [-0.39, 0.29) is 5.56 Å². The SMILES string of the molecule is O=C(O)c1cc(CNBr)cnc1C(=O)O. The van der Waals surface area contributed by atoms with Crippen LogP contribution >= 0.6 is 16.1 Å². The lowest BCUT2D eigenvalue weighted by molar-refractivity contribution is 0.0646. The zero-order valence-corrected chi connectivity index (χ0v) is 8.98. The molecule has 1 rings (SSSR count). The summed E-state index contributed by atoms with van der Waals surface area (Å²) in [6.45, 7) is 0.354. The minimum atomic E-state index is -1.36. The van der Waals surface area contributed by atoms with Gasteiger partial charge >= 0.3 is 11.9 Å². The molecule has 0 aliphatic rings. The molecule has 0 bridgehead atoms. The van der Waals surface area contributed by atoms with Gasteiger partial charge in [0.15, 0.2) is 5.69 Å². The van der Waals surface area contributed by atoms with E-state index in [4.69, 9.17) is 10.2 Å². The minimum absolute atomic E-state index is 0.317. The molecule has 0 fully saturated rings. The Morgan fingerprint density at radius 1 is 1.40 bits per heavy atom. The van der Waals surface area contributed by atoms with Gasteiger partial charge in [0.05, 0.1) is 5.56 Å². The molecule has 0 saturated heterocycles. The zero-order chi connectivity index (χ0) is 11.4. The van der Waals surface area contributed by atoms with Gasteiger partial charge in [0.25, 0.3) is 0 Å². The van der Waals surface area contributed by atoms with E-state index in [2.05, 4.69) is 25.5 Å². The molecule has 1 heterocycles. The van der Waals surface area contributed by atoms with E-state index in [0.717, 1.165) is 0 Å². The number of hydrogen-bond donors (Lipinski definition) is 3. The highest BCUT2D eigenvalue weighted by molar-refractivity contribution is 9.08. The van der Waals surface area contributed by atoms with E-state index in [0.29, 0.717) is 12.1 Å². The Kier molecular flexibility index (Phi) is 3.75. The van der Waals surface area contributed by atoms with Crippen LogP contribution in [-0.4, -0.2) is 27.1 Å². The standard InChI is InChI=1S/C8H7BrN2O4/c9-11-3-4-1-5(7(12)13)6(8(14)15)10-2-4/h1-2,11H,3H2,(H,12,13)(H,14,15). The number of nitrogens with zero attached hydrogens (tertiary/aromatic N) is 1. The number of pyridine rings is 1. The quantitative estimate of drug-likeness (QED) is 0.705. The molecule has 1 aromatic heterocycles. The van der Waals surface area contributed by atoms with Crippen LogP contribution in [0, 0.1) is 0 Å². The van der Waals surface area contributed by atoms with Crippen molar-refractivity contribution in [1.82, 2.24) is 9.33 Å². The molecule has 0 aromatic carbocycles. The molecule has 0 aliphatic heterocycles. The summed E-state index contributed by atoms with van der Waals surface area (Å²) < 4.78 is 2.63. The molecule has 80 valence electrons. The van der Waals surface area contributed by atoms with Crippen LogP contribution in [-0.2, 0) is 6.54 Å². The van der Waals surface area contributed by atoms with Gasteiger partial charge in [-0.2, -0.15) is 0 Å². The maximum atomic E-state index is 10.7. The molecule has 0 spiro atoms. The third-order valence-corrected chi connectivity index (χ3v) is 1.93. The molecule has 1 aromatic rings. The molecule has 6 nitrogen and oxygen atoms in total. The van der Waals surface area contributed by atoms with Crippen LogP contribution in [0.2, 0.25) is 0 Å². The lowest BCUT2D eigenvalue weighted by Gasteiger charge is -2.03. The summed E-state index contributed by atoms with van der Waals surface area (Å²) in [5.41, 5.74) is -0.196. The molecular weight excluding hydrogens is 268 g/mol. The summed E-state index contributed by atoms with van der Waals surface area (Å²) in [5.74, 6) is -2.66. The number of nitrogens with one attached hydrogen (secondary N) is 1. The number of halogens is 1. The Morgan fingerprint density at radius 3 is 2.53 bits per heavy atom. The highest BCUT2D eigenvalue weighted by atomic mass is 79.9. The second-order valence-corrected chi connectivity index (χ2v) is 3.22. The highest BCUT2D eigenvalue weighted by Gasteiger charge is 2.17. The lowest BCUT2D eigenvalue weighted by atomic mass is 10.1. The summed E-state index contributed by atoms with van der Waals surface area (Å²) >= 11 is 2.95. The van der Waals surface area contributed by atoms with E-state index in [1.165, 1.54) is 12.3 Å². The number of hydrogen-bond acceptors (Lipinski definition) is 4. The Bertz CT molecular complexity index is 408. The topological polar surface area (TPSA) is 99.5 Å². The van der Waals surface area contributed by atoms with Crippen LogP contribution in [0.15, 0.2) is 12.3 Å². The smallest absolute Gasteiger partial charge is 0.355 e. The van der Waals surface area contributed by atoms with Gasteiger partial charge < -0.3 is 10.2 Å². The van der Waals surface area contributed by atoms with Gasteiger partial charge in [-0.25, -0.2) is 14.6 Å². The second kappa shape index (κ2) is 4.85. The molecule has 0 atom stereocenters. The van der Waals surface area contributed by atoms with Crippen molar-refractivity contribution in [3.63, 3.8) is 0 Å². The fraction of sp³-hybridized carbons (Fsp3) is 0.125. The number of rotatable bonds is 4. The van der Waals surface area contributed by atoms with E-state index in [1.807, 2.05) is 0 Å². The average Bonchev–Trinajstić information content (AvgIpc) is 2.17. The van der Waals surface area contributed by atoms with E-state index in [9.17, 15) is 9.59 Å². The van der Waals surface area contributed by atoms with Crippen molar-refractivity contribution >= 4 is 28.1 Å². The first kappa shape index (κ1) is 11.6. The summed E-state index contributed by atoms with van der Waals surface area (Å²) in [6, 6.07) is 1.27. The molecule has 0 amide bonds. The first-order valence-corrected chi connectivity index (χ1v) is 4.64. The number of carbonyl (C=O) groups is 2. The summed E-state index contributed by atoms with van der Waals surface area (Å²) in [4.78, 5) is 25.0. The molecule has 7 heteroatoms. The second-order valence-electron chi connectivity index (χ2n) is 2.66. The first-order chi connectivity index (χ1) is 7.06. The van der Waals surface area contributed by atoms with Crippen molar-refractivity contribution in [3.8, 4) is 0 Å². The molecule has 3 N–H and O–H groups in total. The zero-order valence-electron chi connectivity index (χ0n) is 7.40. The van der Waals surface area contributed by atoms with Crippen LogP contribution in [0.5, 0.6) is 0 Å². The Labute approximate surface area is 93.3 Å². The predicted octanol–water partition coefficient (Wildman–Crippen LogP) is 0.877. The van der Waals surface area contributed by atoms with Gasteiger partial charge in [-0.15, -0.1) is 0 Å². The maximum absolute atomic E-state index is 10.7. The number of carboxylic acid groups (broad SMARTS) is 2. The molecule has 0 saturated carbocycles. The van der Waals surface area contributed by atoms with Gasteiger partial charge in [-0.1, -0.05) is 0 Å². The van der Waals surface area contributed by atoms with Gasteiger partial charge in [-0.3, -0.25) is 4.34 Å².